The van der Waals surface area contributed by atoms with Crippen molar-refractivity contribution in [3.63, 3.8) is 0 Å². The quantitative estimate of drug-likeness (QED) is 0.503. The van der Waals surface area contributed by atoms with E-state index in [4.69, 9.17) is 4.74 Å². The molecule has 0 radical (unpaired) electrons. The summed E-state index contributed by atoms with van der Waals surface area (Å²) in [5.41, 5.74) is 3.42. The lowest BCUT2D eigenvalue weighted by molar-refractivity contribution is 0.0266. The Hall–Kier alpha value is -3.04. The predicted octanol–water partition coefficient (Wildman–Crippen LogP) is 4.68. The van der Waals surface area contributed by atoms with Crippen LogP contribution in [0.5, 0.6) is 0 Å². The highest BCUT2D eigenvalue weighted by molar-refractivity contribution is 5.64. The molecule has 0 atom stereocenters. The van der Waals surface area contributed by atoms with E-state index in [1.807, 2.05) is 6.07 Å². The van der Waals surface area contributed by atoms with Crippen molar-refractivity contribution in [3.05, 3.63) is 59.9 Å². The van der Waals surface area contributed by atoms with Crippen molar-refractivity contribution in [2.24, 2.45) is 0 Å². The van der Waals surface area contributed by atoms with Crippen molar-refractivity contribution in [1.29, 1.82) is 0 Å². The maximum atomic E-state index is 13.6. The van der Waals surface area contributed by atoms with Crippen LogP contribution in [-0.4, -0.2) is 65.1 Å². The number of hydrogen-bond acceptors (Lipinski definition) is 6. The third-order valence-corrected chi connectivity index (χ3v) is 6.69. The van der Waals surface area contributed by atoms with E-state index in [0.29, 0.717) is 12.1 Å². The molecule has 186 valence electrons. The van der Waals surface area contributed by atoms with Crippen molar-refractivity contribution < 1.29 is 13.5 Å². The highest BCUT2D eigenvalue weighted by Crippen LogP contribution is 2.27. The van der Waals surface area contributed by atoms with Crippen LogP contribution in [0, 0.1) is 18.6 Å². The molecule has 7 nitrogen and oxygen atoms in total. The molecule has 5 rings (SSSR count). The van der Waals surface area contributed by atoms with Gasteiger partial charge in [0.15, 0.2) is 0 Å². The number of ether oxygens (including phenoxy) is 1. The molecule has 0 bridgehead atoms. The smallest absolute Gasteiger partial charge is 0.246 e. The Bertz CT molecular complexity index is 1120. The topological polar surface area (TPSA) is 58.5 Å². The highest BCUT2D eigenvalue weighted by Gasteiger charge is 2.21. The third kappa shape index (κ3) is 6.15. The average molecular weight is 483 g/mol. The van der Waals surface area contributed by atoms with E-state index in [1.165, 1.54) is 49.1 Å². The van der Waals surface area contributed by atoms with Gasteiger partial charge in [0, 0.05) is 37.1 Å². The number of halogens is 2. The second-order valence-corrected chi connectivity index (χ2v) is 9.43. The van der Waals surface area contributed by atoms with Gasteiger partial charge in [-0.1, -0.05) is 0 Å². The second-order valence-electron chi connectivity index (χ2n) is 9.43. The summed E-state index contributed by atoms with van der Waals surface area (Å²) in [6.45, 7) is 8.26. The first-order valence-corrected chi connectivity index (χ1v) is 12.4. The first kappa shape index (κ1) is 23.7. The SMILES string of the molecule is Cc1cc(Nc2ncn(-c3cc(F)cc(F)c3)n2)cc(N2CCC(OCCN3CCCC3)CC2)c1. The summed E-state index contributed by atoms with van der Waals surface area (Å²) in [5, 5.41) is 7.54. The van der Waals surface area contributed by atoms with Crippen molar-refractivity contribution in [2.45, 2.75) is 38.7 Å². The molecule has 2 aliphatic rings. The normalized spacial score (nSPS) is 17.3. The zero-order chi connectivity index (χ0) is 24.2. The van der Waals surface area contributed by atoms with Crippen LogP contribution in [-0.2, 0) is 4.74 Å². The monoisotopic (exact) mass is 482 g/mol. The number of rotatable bonds is 8. The number of nitrogens with one attached hydrogen (secondary N) is 1. The van der Waals surface area contributed by atoms with E-state index < -0.39 is 11.6 Å². The number of likely N-dealkylation sites (tertiary alicyclic amines) is 1. The van der Waals surface area contributed by atoms with Gasteiger partial charge in [0.2, 0.25) is 5.95 Å². The van der Waals surface area contributed by atoms with Gasteiger partial charge in [0.05, 0.1) is 18.4 Å². The van der Waals surface area contributed by atoms with Crippen LogP contribution >= 0.6 is 0 Å². The average Bonchev–Trinajstić information content (AvgIpc) is 3.51. The molecular formula is C26H32F2N6O. The minimum Gasteiger partial charge on any atom is -0.377 e. The molecule has 2 aromatic carbocycles. The van der Waals surface area contributed by atoms with Crippen LogP contribution < -0.4 is 10.2 Å². The summed E-state index contributed by atoms with van der Waals surface area (Å²) in [5.74, 6) is -0.959. The third-order valence-electron chi connectivity index (χ3n) is 6.69. The van der Waals surface area contributed by atoms with Crippen LogP contribution in [0.25, 0.3) is 5.69 Å². The number of nitrogens with zero attached hydrogens (tertiary/aromatic N) is 5. The minimum atomic E-state index is -0.658. The summed E-state index contributed by atoms with van der Waals surface area (Å²) in [6.07, 6.45) is 6.44. The molecule has 0 amide bonds. The van der Waals surface area contributed by atoms with Crippen LogP contribution in [0.4, 0.5) is 26.1 Å². The number of piperidine rings is 1. The fourth-order valence-corrected chi connectivity index (χ4v) is 4.90. The molecule has 2 aliphatic heterocycles. The summed E-state index contributed by atoms with van der Waals surface area (Å²) >= 11 is 0. The van der Waals surface area contributed by atoms with Gasteiger partial charge in [0.25, 0.3) is 0 Å². The Balaban J connectivity index is 1.18. The van der Waals surface area contributed by atoms with E-state index >= 15 is 0 Å². The Labute approximate surface area is 204 Å². The van der Waals surface area contributed by atoms with Gasteiger partial charge in [0.1, 0.15) is 18.0 Å². The largest absolute Gasteiger partial charge is 0.377 e. The van der Waals surface area contributed by atoms with Gasteiger partial charge in [-0.2, -0.15) is 4.98 Å². The molecule has 35 heavy (non-hydrogen) atoms. The highest BCUT2D eigenvalue weighted by atomic mass is 19.1. The Morgan fingerprint density at radius 2 is 1.69 bits per heavy atom. The summed E-state index contributed by atoms with van der Waals surface area (Å²) in [7, 11) is 0. The van der Waals surface area contributed by atoms with E-state index in [-0.39, 0.29) is 5.69 Å². The molecule has 0 saturated carbocycles. The van der Waals surface area contributed by atoms with Crippen molar-refractivity contribution in [2.75, 3.05) is 49.5 Å². The molecule has 3 heterocycles. The fourth-order valence-electron chi connectivity index (χ4n) is 4.90. The molecule has 2 saturated heterocycles. The zero-order valence-electron chi connectivity index (χ0n) is 20.1. The number of benzene rings is 2. The van der Waals surface area contributed by atoms with E-state index in [1.54, 1.807) is 0 Å². The molecule has 0 spiro atoms. The van der Waals surface area contributed by atoms with Gasteiger partial charge in [-0.3, -0.25) is 0 Å². The Morgan fingerprint density at radius 3 is 2.43 bits per heavy atom. The molecule has 9 heteroatoms. The van der Waals surface area contributed by atoms with E-state index in [2.05, 4.69) is 44.3 Å². The molecule has 0 aliphatic carbocycles. The number of aromatic nitrogens is 3. The van der Waals surface area contributed by atoms with Crippen LogP contribution in [0.15, 0.2) is 42.7 Å². The first-order valence-electron chi connectivity index (χ1n) is 12.4. The van der Waals surface area contributed by atoms with Crippen LogP contribution in [0.1, 0.15) is 31.2 Å². The summed E-state index contributed by atoms with van der Waals surface area (Å²) in [6, 6.07) is 9.56. The first-order chi connectivity index (χ1) is 17.0. The van der Waals surface area contributed by atoms with Crippen LogP contribution in [0.2, 0.25) is 0 Å². The van der Waals surface area contributed by atoms with Gasteiger partial charge >= 0.3 is 0 Å². The molecule has 0 unspecified atom stereocenters. The molecular weight excluding hydrogens is 450 g/mol. The maximum absolute atomic E-state index is 13.6. The van der Waals surface area contributed by atoms with Crippen LogP contribution in [0.3, 0.4) is 0 Å². The molecule has 1 N–H and O–H groups in total. The van der Waals surface area contributed by atoms with Gasteiger partial charge in [-0.25, -0.2) is 13.5 Å². The molecule has 1 aromatic heterocycles. The Kier molecular flexibility index (Phi) is 7.24. The zero-order valence-corrected chi connectivity index (χ0v) is 20.1. The fraction of sp³-hybridized carbons (Fsp3) is 0.462. The molecule has 2 fully saturated rings. The lowest BCUT2D eigenvalue weighted by Crippen LogP contribution is -2.38. The number of aryl methyl sites for hydroxylation is 1. The van der Waals surface area contributed by atoms with E-state index in [9.17, 15) is 8.78 Å². The van der Waals surface area contributed by atoms with E-state index in [0.717, 1.165) is 62.1 Å². The Morgan fingerprint density at radius 1 is 0.943 bits per heavy atom. The number of anilines is 3. The molecule has 3 aromatic rings. The summed E-state index contributed by atoms with van der Waals surface area (Å²) < 4.78 is 34.6. The maximum Gasteiger partial charge on any atom is 0.246 e. The lowest BCUT2D eigenvalue weighted by atomic mass is 10.1. The predicted molar refractivity (Wildman–Crippen MR) is 133 cm³/mol. The van der Waals surface area contributed by atoms with Crippen molar-refractivity contribution in [3.8, 4) is 5.69 Å². The van der Waals surface area contributed by atoms with Crippen molar-refractivity contribution >= 4 is 17.3 Å². The lowest BCUT2D eigenvalue weighted by Gasteiger charge is -2.34. The van der Waals surface area contributed by atoms with Crippen molar-refractivity contribution in [1.82, 2.24) is 19.7 Å². The van der Waals surface area contributed by atoms with Gasteiger partial charge in [-0.15, -0.1) is 5.10 Å². The summed E-state index contributed by atoms with van der Waals surface area (Å²) in [4.78, 5) is 9.13. The second kappa shape index (κ2) is 10.7. The van der Waals surface area contributed by atoms with Gasteiger partial charge in [-0.05, 0) is 81.6 Å². The minimum absolute atomic E-state index is 0.276. The number of hydrogen-bond donors (Lipinski definition) is 1. The standard InChI is InChI=1S/C26H32F2N6O/c1-19-12-22(30-26-29-18-34(31-26)24-15-20(27)14-21(28)16-24)17-23(13-19)33-8-4-25(5-9-33)35-11-10-32-6-2-3-7-32/h12-18,25H,2-11H2,1H3,(H,30,31). The van der Waals surface area contributed by atoms with Gasteiger partial charge < -0.3 is 19.9 Å².